The van der Waals surface area contributed by atoms with Crippen molar-refractivity contribution in [2.45, 2.75) is 6.54 Å². The molecule has 0 unspecified atom stereocenters. The Bertz CT molecular complexity index is 621. The Labute approximate surface area is 125 Å². The predicted octanol–water partition coefficient (Wildman–Crippen LogP) is 2.65. The summed E-state index contributed by atoms with van der Waals surface area (Å²) in [5, 5.41) is 0. The van der Waals surface area contributed by atoms with E-state index in [1.165, 1.54) is 0 Å². The van der Waals surface area contributed by atoms with Crippen molar-refractivity contribution in [2.24, 2.45) is 0 Å². The highest BCUT2D eigenvalue weighted by molar-refractivity contribution is 9.10. The number of fused-ring (bicyclic) bond motifs is 1. The molecule has 3 rings (SSSR count). The first kappa shape index (κ1) is 13.2. The average Bonchev–Trinajstić information content (AvgIpc) is 2.70. The number of hydrogen-bond acceptors (Lipinski definition) is 5. The molecule has 0 radical (unpaired) electrons. The number of anilines is 1. The number of aromatic nitrogens is 2. The van der Waals surface area contributed by atoms with Gasteiger partial charge in [0.2, 0.25) is 11.8 Å². The van der Waals surface area contributed by atoms with Gasteiger partial charge >= 0.3 is 0 Å². The molecule has 0 atom stereocenters. The van der Waals surface area contributed by atoms with Gasteiger partial charge in [-0.3, -0.25) is 0 Å². The van der Waals surface area contributed by atoms with Gasteiger partial charge in [0, 0.05) is 12.1 Å². The molecule has 0 spiro atoms. The second-order valence-electron chi connectivity index (χ2n) is 4.40. The molecular weight excluding hydrogens is 322 g/mol. The minimum Gasteiger partial charge on any atom is -0.491 e. The third-order valence-electron chi connectivity index (χ3n) is 3.13. The summed E-state index contributed by atoms with van der Waals surface area (Å²) < 4.78 is 11.7. The predicted molar refractivity (Wildman–Crippen MR) is 79.3 cm³/mol. The van der Waals surface area contributed by atoms with Gasteiger partial charge in [0.05, 0.1) is 24.3 Å². The molecule has 0 aliphatic carbocycles. The van der Waals surface area contributed by atoms with E-state index in [2.05, 4.69) is 36.9 Å². The highest BCUT2D eigenvalue weighted by atomic mass is 79.9. The van der Waals surface area contributed by atoms with Crippen molar-refractivity contribution < 1.29 is 9.47 Å². The fourth-order valence-electron chi connectivity index (χ4n) is 2.13. The van der Waals surface area contributed by atoms with E-state index < -0.39 is 0 Å². The van der Waals surface area contributed by atoms with Crippen molar-refractivity contribution >= 4 is 21.9 Å². The van der Waals surface area contributed by atoms with Gasteiger partial charge < -0.3 is 14.4 Å². The van der Waals surface area contributed by atoms with Crippen LogP contribution in [0.15, 0.2) is 34.9 Å². The van der Waals surface area contributed by atoms with Gasteiger partial charge in [0.25, 0.3) is 0 Å². The van der Waals surface area contributed by atoms with Crippen molar-refractivity contribution in [1.82, 2.24) is 9.97 Å². The fraction of sp³-hybridized carbons (Fsp3) is 0.286. The summed E-state index contributed by atoms with van der Waals surface area (Å²) in [6, 6.07) is 8.04. The molecule has 1 aromatic heterocycles. The number of ether oxygens (including phenoxy) is 2. The van der Waals surface area contributed by atoms with Crippen LogP contribution in [0.1, 0.15) is 5.56 Å². The number of hydrogen-bond donors (Lipinski definition) is 0. The lowest BCUT2D eigenvalue weighted by atomic mass is 10.2. The molecule has 104 valence electrons. The summed E-state index contributed by atoms with van der Waals surface area (Å²) >= 11 is 3.36. The number of nitrogens with zero attached hydrogens (tertiary/aromatic N) is 3. The summed E-state index contributed by atoms with van der Waals surface area (Å²) in [5.74, 6) is 2.11. The van der Waals surface area contributed by atoms with E-state index in [4.69, 9.17) is 9.47 Å². The first-order chi connectivity index (χ1) is 9.78. The minimum atomic E-state index is 0.536. The van der Waals surface area contributed by atoms with E-state index in [1.807, 2.05) is 18.2 Å². The van der Waals surface area contributed by atoms with Gasteiger partial charge in [0.15, 0.2) is 0 Å². The molecule has 1 aromatic carbocycles. The van der Waals surface area contributed by atoms with Crippen LogP contribution in [0.2, 0.25) is 0 Å². The minimum absolute atomic E-state index is 0.536. The first-order valence-electron chi connectivity index (χ1n) is 6.30. The van der Waals surface area contributed by atoms with E-state index in [1.54, 1.807) is 13.3 Å². The molecule has 2 aromatic rings. The molecule has 20 heavy (non-hydrogen) atoms. The molecule has 1 aliphatic rings. The molecule has 0 amide bonds. The molecule has 0 saturated carbocycles. The second-order valence-corrected chi connectivity index (χ2v) is 5.26. The molecule has 0 saturated heterocycles. The normalized spacial score (nSPS) is 14.2. The van der Waals surface area contributed by atoms with Crippen LogP contribution in [0.4, 0.5) is 5.95 Å². The molecule has 0 bridgehead atoms. The van der Waals surface area contributed by atoms with Crippen LogP contribution < -0.4 is 14.4 Å². The summed E-state index contributed by atoms with van der Waals surface area (Å²) in [5.41, 5.74) is 1.13. The lowest BCUT2D eigenvalue weighted by Gasteiger charge is -2.20. The lowest BCUT2D eigenvalue weighted by molar-refractivity contribution is 0.331. The zero-order valence-electron chi connectivity index (χ0n) is 11.0. The van der Waals surface area contributed by atoms with Crippen LogP contribution in [-0.2, 0) is 6.54 Å². The zero-order chi connectivity index (χ0) is 13.9. The molecule has 2 heterocycles. The Balaban J connectivity index is 1.91. The molecule has 0 N–H and O–H groups in total. The SMILES string of the molecule is COc1nc(N2CCOc3ccccc3C2)ncc1Br. The Kier molecular flexibility index (Phi) is 3.73. The van der Waals surface area contributed by atoms with E-state index in [-0.39, 0.29) is 0 Å². The second kappa shape index (κ2) is 5.66. The molecular formula is C14H14BrN3O2. The maximum absolute atomic E-state index is 5.74. The van der Waals surface area contributed by atoms with Crippen LogP contribution in [0.25, 0.3) is 0 Å². The summed E-state index contributed by atoms with van der Waals surface area (Å²) in [6.07, 6.45) is 1.71. The molecule has 1 aliphatic heterocycles. The van der Waals surface area contributed by atoms with Gasteiger partial charge in [-0.15, -0.1) is 0 Å². The molecule has 6 heteroatoms. The average molecular weight is 336 g/mol. The first-order valence-corrected chi connectivity index (χ1v) is 7.09. The van der Waals surface area contributed by atoms with Gasteiger partial charge in [-0.05, 0) is 22.0 Å². The van der Waals surface area contributed by atoms with Crippen LogP contribution in [-0.4, -0.2) is 30.2 Å². The monoisotopic (exact) mass is 335 g/mol. The zero-order valence-corrected chi connectivity index (χ0v) is 12.6. The molecule has 0 fully saturated rings. The number of methoxy groups -OCH3 is 1. The van der Waals surface area contributed by atoms with Gasteiger partial charge in [-0.2, -0.15) is 4.98 Å². The third kappa shape index (κ3) is 2.56. The van der Waals surface area contributed by atoms with E-state index in [0.717, 1.165) is 28.9 Å². The standard InChI is InChI=1S/C14H14BrN3O2/c1-19-13-11(15)8-16-14(17-13)18-6-7-20-12-5-3-2-4-10(12)9-18/h2-5,8H,6-7,9H2,1H3. The van der Waals surface area contributed by atoms with E-state index in [9.17, 15) is 0 Å². The fourth-order valence-corrected chi connectivity index (χ4v) is 2.49. The van der Waals surface area contributed by atoms with Crippen molar-refractivity contribution in [1.29, 1.82) is 0 Å². The van der Waals surface area contributed by atoms with Crippen LogP contribution in [0, 0.1) is 0 Å². The summed E-state index contributed by atoms with van der Waals surface area (Å²) in [6.45, 7) is 2.07. The van der Waals surface area contributed by atoms with Crippen LogP contribution in [0.5, 0.6) is 11.6 Å². The number of benzene rings is 1. The number of rotatable bonds is 2. The number of para-hydroxylation sites is 1. The highest BCUT2D eigenvalue weighted by Crippen LogP contribution is 2.27. The Morgan fingerprint density at radius 1 is 1.35 bits per heavy atom. The molecule has 5 nitrogen and oxygen atoms in total. The van der Waals surface area contributed by atoms with Gasteiger partial charge in [-0.25, -0.2) is 4.98 Å². The van der Waals surface area contributed by atoms with Gasteiger partial charge in [-0.1, -0.05) is 18.2 Å². The Morgan fingerprint density at radius 2 is 2.20 bits per heavy atom. The summed E-state index contributed by atoms with van der Waals surface area (Å²) in [4.78, 5) is 10.9. The largest absolute Gasteiger partial charge is 0.491 e. The van der Waals surface area contributed by atoms with Crippen molar-refractivity contribution in [2.75, 3.05) is 25.2 Å². The summed E-state index contributed by atoms with van der Waals surface area (Å²) in [7, 11) is 1.59. The Hall–Kier alpha value is -1.82. The van der Waals surface area contributed by atoms with Crippen molar-refractivity contribution in [3.05, 3.63) is 40.5 Å². The maximum Gasteiger partial charge on any atom is 0.232 e. The maximum atomic E-state index is 5.74. The van der Waals surface area contributed by atoms with Crippen molar-refractivity contribution in [3.63, 3.8) is 0 Å². The third-order valence-corrected chi connectivity index (χ3v) is 3.67. The lowest BCUT2D eigenvalue weighted by Crippen LogP contribution is -2.27. The van der Waals surface area contributed by atoms with E-state index >= 15 is 0 Å². The quantitative estimate of drug-likeness (QED) is 0.844. The number of halogens is 1. The van der Waals surface area contributed by atoms with Crippen LogP contribution >= 0.6 is 15.9 Å². The van der Waals surface area contributed by atoms with E-state index in [0.29, 0.717) is 18.4 Å². The van der Waals surface area contributed by atoms with Crippen LogP contribution in [0.3, 0.4) is 0 Å². The topological polar surface area (TPSA) is 47.5 Å². The Morgan fingerprint density at radius 3 is 3.05 bits per heavy atom. The van der Waals surface area contributed by atoms with Crippen molar-refractivity contribution in [3.8, 4) is 11.6 Å². The highest BCUT2D eigenvalue weighted by Gasteiger charge is 2.18. The smallest absolute Gasteiger partial charge is 0.232 e. The van der Waals surface area contributed by atoms with Gasteiger partial charge in [0.1, 0.15) is 12.4 Å².